The summed E-state index contributed by atoms with van der Waals surface area (Å²) < 4.78 is 13.5. The molecule has 1 amide bonds. The van der Waals surface area contributed by atoms with Crippen molar-refractivity contribution in [1.82, 2.24) is 4.90 Å². The average molecular weight is 262 g/mol. The van der Waals surface area contributed by atoms with E-state index < -0.39 is 0 Å². The first-order chi connectivity index (χ1) is 9.15. The first-order valence-corrected chi connectivity index (χ1v) is 6.92. The molecule has 4 heteroatoms. The van der Waals surface area contributed by atoms with Crippen LogP contribution in [0.4, 0.5) is 4.39 Å². The number of carbonyl (C=O) groups is 1. The lowest BCUT2D eigenvalue weighted by Gasteiger charge is -2.19. The molecule has 102 valence electrons. The molecule has 1 aromatic rings. The van der Waals surface area contributed by atoms with E-state index in [0.717, 1.165) is 25.9 Å². The number of likely N-dealkylation sites (tertiary alicyclic amines) is 1. The van der Waals surface area contributed by atoms with Gasteiger partial charge in [0.05, 0.1) is 6.42 Å². The van der Waals surface area contributed by atoms with Crippen molar-refractivity contribution < 1.29 is 9.18 Å². The van der Waals surface area contributed by atoms with Gasteiger partial charge in [-0.25, -0.2) is 4.39 Å². The summed E-state index contributed by atoms with van der Waals surface area (Å²) in [5.74, 6) is 0.725. The number of nitrogens with zero attached hydrogens (tertiary/aromatic N) is 1. The molecular weight excluding hydrogens is 243 g/mol. The number of nitrogens with two attached hydrogens (primary N) is 1. The normalized spacial score (nSPS) is 29.6. The quantitative estimate of drug-likeness (QED) is 0.879. The number of amides is 1. The summed E-state index contributed by atoms with van der Waals surface area (Å²) in [4.78, 5) is 14.1. The standard InChI is InChI=1S/C15H19FN2O/c16-13-4-2-1-3-10(13)7-15(19)18-8-11-5-6-14(17)12(11)9-18/h1-4,11-12,14H,5-9,17H2. The predicted octanol–water partition coefficient (Wildman–Crippen LogP) is 1.56. The molecule has 1 saturated heterocycles. The number of hydrogen-bond acceptors (Lipinski definition) is 2. The number of rotatable bonds is 2. The molecular formula is C15H19FN2O. The highest BCUT2D eigenvalue weighted by Gasteiger charge is 2.42. The van der Waals surface area contributed by atoms with Gasteiger partial charge in [0.25, 0.3) is 0 Å². The third kappa shape index (κ3) is 2.37. The van der Waals surface area contributed by atoms with Crippen molar-refractivity contribution in [2.45, 2.75) is 25.3 Å². The van der Waals surface area contributed by atoms with Crippen molar-refractivity contribution in [1.29, 1.82) is 0 Å². The van der Waals surface area contributed by atoms with Crippen molar-refractivity contribution >= 4 is 5.91 Å². The number of carbonyl (C=O) groups excluding carboxylic acids is 1. The Kier molecular flexibility index (Phi) is 3.27. The maximum Gasteiger partial charge on any atom is 0.227 e. The first-order valence-electron chi connectivity index (χ1n) is 6.92. The van der Waals surface area contributed by atoms with Crippen molar-refractivity contribution in [3.05, 3.63) is 35.6 Å². The van der Waals surface area contributed by atoms with Crippen LogP contribution >= 0.6 is 0 Å². The summed E-state index contributed by atoms with van der Waals surface area (Å²) in [7, 11) is 0. The number of fused-ring (bicyclic) bond motifs is 1. The van der Waals surface area contributed by atoms with E-state index in [1.54, 1.807) is 18.2 Å². The summed E-state index contributed by atoms with van der Waals surface area (Å²) in [6.45, 7) is 1.55. The summed E-state index contributed by atoms with van der Waals surface area (Å²) in [6, 6.07) is 6.71. The van der Waals surface area contributed by atoms with E-state index in [1.165, 1.54) is 6.07 Å². The van der Waals surface area contributed by atoms with Crippen LogP contribution in [0.25, 0.3) is 0 Å². The SMILES string of the molecule is NC1CCC2CN(C(=O)Cc3ccccc3F)CC12. The monoisotopic (exact) mass is 262 g/mol. The highest BCUT2D eigenvalue weighted by atomic mass is 19.1. The second-order valence-electron chi connectivity index (χ2n) is 5.73. The van der Waals surface area contributed by atoms with E-state index in [0.29, 0.717) is 17.4 Å². The molecule has 1 aromatic carbocycles. The van der Waals surface area contributed by atoms with Crippen LogP contribution in [0.3, 0.4) is 0 Å². The van der Waals surface area contributed by atoms with Gasteiger partial charge in [-0.1, -0.05) is 18.2 Å². The molecule has 19 heavy (non-hydrogen) atoms. The molecule has 0 radical (unpaired) electrons. The van der Waals surface area contributed by atoms with Crippen LogP contribution in [0, 0.1) is 17.7 Å². The van der Waals surface area contributed by atoms with Crippen molar-refractivity contribution in [3.8, 4) is 0 Å². The summed E-state index contributed by atoms with van der Waals surface area (Å²) >= 11 is 0. The van der Waals surface area contributed by atoms with E-state index in [1.807, 2.05) is 4.90 Å². The van der Waals surface area contributed by atoms with Crippen LogP contribution in [0.1, 0.15) is 18.4 Å². The second kappa shape index (κ2) is 4.93. The van der Waals surface area contributed by atoms with Crippen LogP contribution < -0.4 is 5.73 Å². The molecule has 3 unspecified atom stereocenters. The van der Waals surface area contributed by atoms with E-state index in [-0.39, 0.29) is 24.2 Å². The third-order valence-electron chi connectivity index (χ3n) is 4.56. The van der Waals surface area contributed by atoms with Gasteiger partial charge in [-0.05, 0) is 36.3 Å². The lowest BCUT2D eigenvalue weighted by atomic mass is 9.98. The molecule has 0 spiro atoms. The van der Waals surface area contributed by atoms with Crippen LogP contribution in [0.5, 0.6) is 0 Å². The van der Waals surface area contributed by atoms with Crippen LogP contribution in [-0.2, 0) is 11.2 Å². The van der Waals surface area contributed by atoms with Gasteiger partial charge in [-0.2, -0.15) is 0 Å². The van der Waals surface area contributed by atoms with E-state index in [2.05, 4.69) is 0 Å². The fourth-order valence-corrected chi connectivity index (χ4v) is 3.43. The average Bonchev–Trinajstić information content (AvgIpc) is 2.95. The molecule has 3 atom stereocenters. The van der Waals surface area contributed by atoms with Gasteiger partial charge in [0.2, 0.25) is 5.91 Å². The molecule has 1 aliphatic heterocycles. The molecule has 1 saturated carbocycles. The van der Waals surface area contributed by atoms with E-state index >= 15 is 0 Å². The highest BCUT2D eigenvalue weighted by molar-refractivity contribution is 5.79. The van der Waals surface area contributed by atoms with E-state index in [9.17, 15) is 9.18 Å². The van der Waals surface area contributed by atoms with Gasteiger partial charge in [0.1, 0.15) is 5.82 Å². The van der Waals surface area contributed by atoms with Crippen molar-refractivity contribution in [2.24, 2.45) is 17.6 Å². The zero-order valence-corrected chi connectivity index (χ0v) is 10.9. The zero-order valence-electron chi connectivity index (χ0n) is 10.9. The summed E-state index contributed by atoms with van der Waals surface area (Å²) in [5, 5.41) is 0. The topological polar surface area (TPSA) is 46.3 Å². The Bertz CT molecular complexity index is 491. The Morgan fingerprint density at radius 2 is 2.11 bits per heavy atom. The fraction of sp³-hybridized carbons (Fsp3) is 0.533. The Morgan fingerprint density at radius 3 is 2.84 bits per heavy atom. The van der Waals surface area contributed by atoms with Crippen molar-refractivity contribution in [3.63, 3.8) is 0 Å². The Balaban J connectivity index is 1.65. The van der Waals surface area contributed by atoms with Gasteiger partial charge in [0, 0.05) is 19.1 Å². The number of halogens is 1. The van der Waals surface area contributed by atoms with E-state index in [4.69, 9.17) is 5.73 Å². The lowest BCUT2D eigenvalue weighted by Crippen LogP contribution is -2.34. The Labute approximate surface area is 112 Å². The van der Waals surface area contributed by atoms with Gasteiger partial charge >= 0.3 is 0 Å². The minimum Gasteiger partial charge on any atom is -0.342 e. The molecule has 1 aliphatic carbocycles. The summed E-state index contributed by atoms with van der Waals surface area (Å²) in [6.07, 6.45) is 2.35. The third-order valence-corrected chi connectivity index (χ3v) is 4.56. The van der Waals surface area contributed by atoms with Gasteiger partial charge in [0.15, 0.2) is 0 Å². The minimum absolute atomic E-state index is 0.0201. The molecule has 2 fully saturated rings. The predicted molar refractivity (Wildman–Crippen MR) is 70.9 cm³/mol. The zero-order chi connectivity index (χ0) is 13.4. The molecule has 2 N–H and O–H groups in total. The maximum absolute atomic E-state index is 13.5. The largest absolute Gasteiger partial charge is 0.342 e. The second-order valence-corrected chi connectivity index (χ2v) is 5.73. The Morgan fingerprint density at radius 1 is 1.32 bits per heavy atom. The fourth-order valence-electron chi connectivity index (χ4n) is 3.43. The molecule has 0 bridgehead atoms. The minimum atomic E-state index is -0.299. The van der Waals surface area contributed by atoms with Gasteiger partial charge in [-0.3, -0.25) is 4.79 Å². The maximum atomic E-state index is 13.5. The molecule has 2 aliphatic rings. The number of hydrogen-bond donors (Lipinski definition) is 1. The smallest absolute Gasteiger partial charge is 0.227 e. The van der Waals surface area contributed by atoms with Crippen LogP contribution in [-0.4, -0.2) is 29.9 Å². The van der Waals surface area contributed by atoms with Gasteiger partial charge in [-0.15, -0.1) is 0 Å². The molecule has 3 rings (SSSR count). The van der Waals surface area contributed by atoms with Crippen molar-refractivity contribution in [2.75, 3.05) is 13.1 Å². The first kappa shape index (κ1) is 12.6. The molecule has 1 heterocycles. The summed E-state index contributed by atoms with van der Waals surface area (Å²) in [5.41, 5.74) is 6.54. The highest BCUT2D eigenvalue weighted by Crippen LogP contribution is 2.37. The van der Waals surface area contributed by atoms with Gasteiger partial charge < -0.3 is 10.6 Å². The van der Waals surface area contributed by atoms with Crippen LogP contribution in [0.15, 0.2) is 24.3 Å². The molecule has 0 aromatic heterocycles. The molecule has 3 nitrogen and oxygen atoms in total. The lowest BCUT2D eigenvalue weighted by molar-refractivity contribution is -0.129. The van der Waals surface area contributed by atoms with Crippen LogP contribution in [0.2, 0.25) is 0 Å². The Hall–Kier alpha value is -1.42. The number of benzene rings is 1.